The van der Waals surface area contributed by atoms with Crippen LogP contribution in [0.4, 0.5) is 0 Å². The molecule has 3 atom stereocenters. The second kappa shape index (κ2) is 7.40. The number of fused-ring (bicyclic) bond motifs is 3. The number of ketones is 3. The molecule has 4 N–H and O–H groups in total. The zero-order valence-electron chi connectivity index (χ0n) is 18.8. The van der Waals surface area contributed by atoms with Gasteiger partial charge in [0, 0.05) is 17.9 Å². The highest BCUT2D eigenvalue weighted by Gasteiger charge is 2.59. The van der Waals surface area contributed by atoms with Crippen molar-refractivity contribution in [3.8, 4) is 16.9 Å². The topological polar surface area (TPSA) is 132 Å². The molecule has 7 heteroatoms. The van der Waals surface area contributed by atoms with Gasteiger partial charge in [-0.1, -0.05) is 35.9 Å². The van der Waals surface area contributed by atoms with E-state index in [0.29, 0.717) is 12.0 Å². The van der Waals surface area contributed by atoms with Crippen LogP contribution in [-0.2, 0) is 16.0 Å². The van der Waals surface area contributed by atoms with E-state index >= 15 is 0 Å². The van der Waals surface area contributed by atoms with Gasteiger partial charge in [0.15, 0.2) is 17.2 Å². The van der Waals surface area contributed by atoms with Crippen LogP contribution in [0.2, 0.25) is 0 Å². The average Bonchev–Trinajstić information content (AvgIpc) is 2.76. The summed E-state index contributed by atoms with van der Waals surface area (Å²) in [5, 5.41) is 43.4. The third kappa shape index (κ3) is 2.90. The molecule has 0 aromatic heterocycles. The molecule has 0 aliphatic heterocycles. The number of aromatic hydroxyl groups is 1. The van der Waals surface area contributed by atoms with Crippen LogP contribution in [0.3, 0.4) is 0 Å². The smallest absolute Gasteiger partial charge is 0.209 e. The number of aliphatic hydroxyl groups is 3. The Hall–Kier alpha value is -3.71. The normalized spacial score (nSPS) is 26.2. The van der Waals surface area contributed by atoms with Crippen LogP contribution in [0, 0.1) is 18.8 Å². The molecule has 0 amide bonds. The lowest BCUT2D eigenvalue weighted by Crippen LogP contribution is -2.56. The van der Waals surface area contributed by atoms with Gasteiger partial charge >= 0.3 is 0 Å². The highest BCUT2D eigenvalue weighted by atomic mass is 16.3. The van der Waals surface area contributed by atoms with Crippen molar-refractivity contribution in [1.82, 2.24) is 0 Å². The fraction of sp³-hybridized carbons (Fsp3) is 0.296. The zero-order chi connectivity index (χ0) is 24.5. The summed E-state index contributed by atoms with van der Waals surface area (Å²) in [6.45, 7) is 3.05. The highest BCUT2D eigenvalue weighted by molar-refractivity contribution is 6.25. The Morgan fingerprint density at radius 2 is 1.79 bits per heavy atom. The summed E-state index contributed by atoms with van der Waals surface area (Å²) >= 11 is 0. The van der Waals surface area contributed by atoms with Crippen LogP contribution in [0.15, 0.2) is 59.1 Å². The summed E-state index contributed by atoms with van der Waals surface area (Å²) in [5.74, 6) is -5.37. The number of phenolic OH excluding ortho intramolecular Hbond substituents is 1. The van der Waals surface area contributed by atoms with Crippen molar-refractivity contribution >= 4 is 17.3 Å². The molecule has 34 heavy (non-hydrogen) atoms. The predicted octanol–water partition coefficient (Wildman–Crippen LogP) is 3.66. The van der Waals surface area contributed by atoms with Crippen molar-refractivity contribution < 1.29 is 34.8 Å². The van der Waals surface area contributed by atoms with Crippen LogP contribution >= 0.6 is 0 Å². The van der Waals surface area contributed by atoms with Crippen LogP contribution in [0.25, 0.3) is 11.1 Å². The zero-order valence-corrected chi connectivity index (χ0v) is 18.8. The largest absolute Gasteiger partial charge is 0.511 e. The summed E-state index contributed by atoms with van der Waals surface area (Å²) in [6.07, 6.45) is 0.269. The second-order valence-electron chi connectivity index (χ2n) is 9.46. The van der Waals surface area contributed by atoms with Crippen molar-refractivity contribution in [2.45, 2.75) is 38.7 Å². The molecule has 0 saturated carbocycles. The second-order valence-corrected chi connectivity index (χ2v) is 9.46. The van der Waals surface area contributed by atoms with Gasteiger partial charge in [0.05, 0.1) is 5.56 Å². The van der Waals surface area contributed by atoms with Crippen molar-refractivity contribution in [2.75, 3.05) is 0 Å². The van der Waals surface area contributed by atoms with Crippen molar-refractivity contribution in [3.05, 3.63) is 75.8 Å². The van der Waals surface area contributed by atoms with Crippen molar-refractivity contribution in [1.29, 1.82) is 0 Å². The number of Topliss-reactive ketones (excluding diaryl/α,β-unsaturated/α-hetero) is 3. The minimum absolute atomic E-state index is 0.0345. The van der Waals surface area contributed by atoms with E-state index in [0.717, 1.165) is 23.6 Å². The number of hydrogen-bond acceptors (Lipinski definition) is 7. The number of aliphatic hydroxyl groups excluding tert-OH is 2. The Bertz CT molecular complexity index is 1360. The number of allylic oxidation sites excluding steroid dienone is 2. The lowest BCUT2D eigenvalue weighted by Gasteiger charge is -2.45. The number of phenols is 1. The van der Waals surface area contributed by atoms with E-state index in [1.54, 1.807) is 6.07 Å². The lowest BCUT2D eigenvalue weighted by atomic mass is 9.60. The van der Waals surface area contributed by atoms with E-state index in [1.165, 1.54) is 6.07 Å². The van der Waals surface area contributed by atoms with Gasteiger partial charge in [-0.15, -0.1) is 0 Å². The first-order valence-corrected chi connectivity index (χ1v) is 11.2. The van der Waals surface area contributed by atoms with E-state index in [9.17, 15) is 34.8 Å². The Morgan fingerprint density at radius 3 is 2.47 bits per heavy atom. The number of carbonyl (C=O) groups excluding carboxylic acids is 3. The summed E-state index contributed by atoms with van der Waals surface area (Å²) in [7, 11) is 0. The first kappa shape index (κ1) is 22.1. The summed E-state index contributed by atoms with van der Waals surface area (Å²) in [6, 6.07) is 10.9. The molecule has 2 aromatic rings. The van der Waals surface area contributed by atoms with Crippen LogP contribution < -0.4 is 0 Å². The first-order chi connectivity index (χ1) is 16.1. The van der Waals surface area contributed by atoms with Gasteiger partial charge in [-0.05, 0) is 55.4 Å². The third-order valence-electron chi connectivity index (χ3n) is 7.38. The minimum atomic E-state index is -2.48. The van der Waals surface area contributed by atoms with E-state index in [4.69, 9.17) is 0 Å². The third-order valence-corrected chi connectivity index (χ3v) is 7.38. The van der Waals surface area contributed by atoms with Gasteiger partial charge in [-0.2, -0.15) is 0 Å². The van der Waals surface area contributed by atoms with E-state index in [1.807, 2.05) is 31.2 Å². The molecule has 2 aromatic carbocycles. The fourth-order valence-electron chi connectivity index (χ4n) is 5.81. The van der Waals surface area contributed by atoms with E-state index < -0.39 is 51.9 Å². The maximum absolute atomic E-state index is 13.6. The fourth-order valence-corrected chi connectivity index (χ4v) is 5.81. The first-order valence-electron chi connectivity index (χ1n) is 11.2. The van der Waals surface area contributed by atoms with Crippen molar-refractivity contribution in [2.24, 2.45) is 11.8 Å². The molecule has 0 unspecified atom stereocenters. The molecule has 174 valence electrons. The summed E-state index contributed by atoms with van der Waals surface area (Å²) in [5.41, 5.74) is 0.208. The van der Waals surface area contributed by atoms with Crippen molar-refractivity contribution in [3.63, 3.8) is 0 Å². The van der Waals surface area contributed by atoms with Crippen LogP contribution in [0.5, 0.6) is 5.75 Å². The van der Waals surface area contributed by atoms with Gasteiger partial charge in [0.1, 0.15) is 22.8 Å². The average molecular weight is 460 g/mol. The molecule has 5 rings (SSSR count). The molecular weight excluding hydrogens is 436 g/mol. The quantitative estimate of drug-likeness (QED) is 0.503. The van der Waals surface area contributed by atoms with Gasteiger partial charge in [-0.3, -0.25) is 14.4 Å². The molecular formula is C27H24O7. The molecule has 0 heterocycles. The Morgan fingerprint density at radius 1 is 1.06 bits per heavy atom. The lowest BCUT2D eigenvalue weighted by molar-refractivity contribution is -0.144. The number of aryl methyl sites for hydroxylation is 1. The minimum Gasteiger partial charge on any atom is -0.511 e. The van der Waals surface area contributed by atoms with E-state index in [2.05, 4.69) is 0 Å². The van der Waals surface area contributed by atoms with Gasteiger partial charge in [0.2, 0.25) is 5.78 Å². The van der Waals surface area contributed by atoms with E-state index in [-0.39, 0.29) is 29.7 Å². The maximum Gasteiger partial charge on any atom is 0.209 e. The summed E-state index contributed by atoms with van der Waals surface area (Å²) in [4.78, 5) is 38.6. The monoisotopic (exact) mass is 460 g/mol. The molecule has 0 saturated heterocycles. The van der Waals surface area contributed by atoms with Gasteiger partial charge in [0.25, 0.3) is 0 Å². The Balaban J connectivity index is 1.69. The molecule has 0 spiro atoms. The van der Waals surface area contributed by atoms with Gasteiger partial charge < -0.3 is 20.4 Å². The summed E-state index contributed by atoms with van der Waals surface area (Å²) < 4.78 is 0. The number of rotatable bonds is 2. The van der Waals surface area contributed by atoms with Gasteiger partial charge in [-0.25, -0.2) is 0 Å². The number of benzene rings is 2. The Kier molecular flexibility index (Phi) is 4.81. The standard InChI is InChI=1S/C27H24O7/c1-12-4-3-5-14(8-12)17-6-7-19(29)23-18(17)10-15-9-16-11-20(30)21(13(2)28)25(32)27(16,34)26(33)22(15)24(23)31/h3-8,15-16,29-30,33-34H,9-11H2,1-2H3/t15-,16+,27-/m1/s1. The highest BCUT2D eigenvalue weighted by Crippen LogP contribution is 2.52. The number of hydrogen-bond donors (Lipinski definition) is 4. The molecule has 3 aliphatic rings. The van der Waals surface area contributed by atoms with Crippen LogP contribution in [0.1, 0.15) is 41.3 Å². The number of carbonyl (C=O) groups is 3. The Labute approximate surface area is 195 Å². The molecule has 0 fully saturated rings. The predicted molar refractivity (Wildman–Crippen MR) is 122 cm³/mol. The molecule has 3 aliphatic carbocycles. The SMILES string of the molecule is CC(=O)C1=C(O)C[C@@H]2C[C@@H]3Cc4c(-c5cccc(C)c5)ccc(O)c4C(=O)C3=C(O)[C@]2(O)C1=O. The molecule has 0 bridgehead atoms. The van der Waals surface area contributed by atoms with Crippen LogP contribution in [-0.4, -0.2) is 43.4 Å². The molecule has 7 nitrogen and oxygen atoms in total. The maximum atomic E-state index is 13.6. The molecule has 0 radical (unpaired) electrons.